The van der Waals surface area contributed by atoms with Crippen LogP contribution in [0, 0.1) is 0 Å². The number of hydrogen-bond acceptors (Lipinski definition) is 7. The summed E-state index contributed by atoms with van der Waals surface area (Å²) in [5.41, 5.74) is 10.6. The van der Waals surface area contributed by atoms with E-state index in [1.807, 2.05) is 17.0 Å². The summed E-state index contributed by atoms with van der Waals surface area (Å²) >= 11 is 0. The quantitative estimate of drug-likeness (QED) is 0.437. The second kappa shape index (κ2) is 8.00. The zero-order chi connectivity index (χ0) is 24.3. The molecule has 178 valence electrons. The van der Waals surface area contributed by atoms with Crippen LogP contribution in [0.15, 0.2) is 36.9 Å². The van der Waals surface area contributed by atoms with Crippen molar-refractivity contribution in [3.05, 3.63) is 48.2 Å². The minimum atomic E-state index is -0.130. The summed E-state index contributed by atoms with van der Waals surface area (Å²) in [5, 5.41) is 4.45. The number of anilines is 1. The highest BCUT2D eigenvalue weighted by Gasteiger charge is 2.44. The van der Waals surface area contributed by atoms with Crippen LogP contribution in [0.25, 0.3) is 28.3 Å². The van der Waals surface area contributed by atoms with Gasteiger partial charge in [0.25, 0.3) is 0 Å². The van der Waals surface area contributed by atoms with E-state index in [0.717, 1.165) is 42.5 Å². The van der Waals surface area contributed by atoms with Crippen molar-refractivity contribution in [1.29, 1.82) is 0 Å². The van der Waals surface area contributed by atoms with Crippen molar-refractivity contribution in [2.45, 2.75) is 57.5 Å². The minimum absolute atomic E-state index is 0.0523. The number of nitrogen functional groups attached to an aromatic ring is 1. The van der Waals surface area contributed by atoms with E-state index < -0.39 is 0 Å². The highest BCUT2D eigenvalue weighted by molar-refractivity contribution is 6.00. The van der Waals surface area contributed by atoms with E-state index in [1.165, 1.54) is 11.4 Å². The van der Waals surface area contributed by atoms with E-state index >= 15 is 0 Å². The molecule has 0 saturated carbocycles. The molecule has 0 unspecified atom stereocenters. The smallest absolute Gasteiger partial charge is 0.219 e. The fourth-order valence-corrected chi connectivity index (χ4v) is 5.91. The zero-order valence-corrected chi connectivity index (χ0v) is 19.6. The van der Waals surface area contributed by atoms with Gasteiger partial charge in [0.2, 0.25) is 5.91 Å². The molecule has 2 fully saturated rings. The predicted molar refractivity (Wildman–Crippen MR) is 130 cm³/mol. The standard InChI is InChI=1S/C25H26N8O2/c1-13(34)21-22(16-9-17-4-5-18(10-16)32(17)14(2)35)31-25-19(12-30-33(25)23(21)26)15-3-6-20(29-11-15)24-27-7-8-28-24/h3,6-8,11-12,16-18H,4-5,9-10,26H2,1-2H3,(H,27,28)/t16-,17-,18+. The first-order chi connectivity index (χ1) is 16.9. The van der Waals surface area contributed by atoms with Gasteiger partial charge in [-0.25, -0.2) is 9.97 Å². The van der Waals surface area contributed by atoms with E-state index in [9.17, 15) is 9.59 Å². The van der Waals surface area contributed by atoms with Crippen LogP contribution in [-0.2, 0) is 4.79 Å². The van der Waals surface area contributed by atoms with Gasteiger partial charge in [-0.15, -0.1) is 0 Å². The number of rotatable bonds is 4. The molecular weight excluding hydrogens is 444 g/mol. The maximum Gasteiger partial charge on any atom is 0.219 e. The van der Waals surface area contributed by atoms with Crippen molar-refractivity contribution >= 4 is 23.2 Å². The third kappa shape index (κ3) is 3.39. The first-order valence-electron chi connectivity index (χ1n) is 11.9. The number of Topliss-reactive ketones (excluding diaryl/α,β-unsaturated/α-hetero) is 1. The number of aromatic nitrogens is 6. The topological polar surface area (TPSA) is 135 Å². The molecule has 3 atom stereocenters. The molecule has 2 saturated heterocycles. The summed E-state index contributed by atoms with van der Waals surface area (Å²) < 4.78 is 1.54. The Morgan fingerprint density at radius 2 is 1.86 bits per heavy atom. The maximum absolute atomic E-state index is 12.7. The van der Waals surface area contributed by atoms with Gasteiger partial charge in [-0.2, -0.15) is 9.61 Å². The Morgan fingerprint density at radius 1 is 1.09 bits per heavy atom. The van der Waals surface area contributed by atoms with E-state index in [-0.39, 0.29) is 29.7 Å². The number of imidazole rings is 1. The Kier molecular flexibility index (Phi) is 4.91. The number of fused-ring (bicyclic) bond motifs is 3. The SMILES string of the molecule is CC(=O)c1c([C@@H]2C[C@H]3CC[C@@H](C2)N3C(C)=O)nc2c(-c3ccc(-c4ncc[nH]4)nc3)cnn2c1N. The number of amides is 1. The number of aromatic amines is 1. The first-order valence-corrected chi connectivity index (χ1v) is 11.9. The maximum atomic E-state index is 12.7. The lowest BCUT2D eigenvalue weighted by Crippen LogP contribution is -2.45. The number of H-pyrrole nitrogens is 1. The summed E-state index contributed by atoms with van der Waals surface area (Å²) in [7, 11) is 0. The number of carbonyl (C=O) groups is 2. The number of hydrogen-bond donors (Lipinski definition) is 2. The highest BCUT2D eigenvalue weighted by atomic mass is 16.2. The molecule has 2 aliphatic heterocycles. The lowest BCUT2D eigenvalue weighted by Gasteiger charge is -2.38. The van der Waals surface area contributed by atoms with E-state index in [4.69, 9.17) is 10.7 Å². The molecule has 0 aromatic carbocycles. The van der Waals surface area contributed by atoms with E-state index in [0.29, 0.717) is 28.5 Å². The van der Waals surface area contributed by atoms with Crippen LogP contribution in [0.4, 0.5) is 5.82 Å². The van der Waals surface area contributed by atoms with Gasteiger partial charge in [0.05, 0.1) is 17.5 Å². The van der Waals surface area contributed by atoms with Gasteiger partial charge in [-0.1, -0.05) is 6.07 Å². The molecule has 10 heteroatoms. The molecule has 4 aromatic heterocycles. The number of nitrogens with zero attached hydrogens (tertiary/aromatic N) is 6. The third-order valence-corrected chi connectivity index (χ3v) is 7.36. The number of nitrogens with two attached hydrogens (primary N) is 1. The lowest BCUT2D eigenvalue weighted by molar-refractivity contribution is -0.133. The Bertz CT molecular complexity index is 1430. The zero-order valence-electron chi connectivity index (χ0n) is 19.6. The normalized spacial score (nSPS) is 21.5. The van der Waals surface area contributed by atoms with Gasteiger partial charge in [-0.05, 0) is 38.7 Å². The van der Waals surface area contributed by atoms with Crippen LogP contribution < -0.4 is 5.73 Å². The fourth-order valence-electron chi connectivity index (χ4n) is 5.91. The molecule has 0 aliphatic carbocycles. The molecule has 2 bridgehead atoms. The first kappa shape index (κ1) is 21.5. The Morgan fingerprint density at radius 3 is 2.46 bits per heavy atom. The Balaban J connectivity index is 1.44. The number of nitrogens with one attached hydrogen (secondary N) is 1. The molecule has 2 aliphatic rings. The molecule has 6 rings (SSSR count). The molecule has 4 aromatic rings. The second-order valence-corrected chi connectivity index (χ2v) is 9.46. The minimum Gasteiger partial charge on any atom is -0.383 e. The van der Waals surface area contributed by atoms with Gasteiger partial charge in [0, 0.05) is 54.6 Å². The van der Waals surface area contributed by atoms with Crippen LogP contribution in [0.3, 0.4) is 0 Å². The van der Waals surface area contributed by atoms with Crippen molar-refractivity contribution in [2.75, 3.05) is 5.73 Å². The van der Waals surface area contributed by atoms with Crippen molar-refractivity contribution in [2.24, 2.45) is 0 Å². The number of ketones is 1. The van der Waals surface area contributed by atoms with Crippen molar-refractivity contribution < 1.29 is 9.59 Å². The summed E-state index contributed by atoms with van der Waals surface area (Å²) in [6.45, 7) is 3.16. The van der Waals surface area contributed by atoms with E-state index in [2.05, 4.69) is 20.1 Å². The molecule has 0 spiro atoms. The number of carbonyl (C=O) groups excluding carboxylic acids is 2. The Hall–Kier alpha value is -4.08. The summed E-state index contributed by atoms with van der Waals surface area (Å²) in [6, 6.07) is 4.20. The number of pyridine rings is 1. The molecular formula is C25H26N8O2. The van der Waals surface area contributed by atoms with Crippen LogP contribution in [0.5, 0.6) is 0 Å². The van der Waals surface area contributed by atoms with Gasteiger partial charge < -0.3 is 15.6 Å². The van der Waals surface area contributed by atoms with E-state index in [1.54, 1.807) is 31.7 Å². The van der Waals surface area contributed by atoms with Gasteiger partial charge >= 0.3 is 0 Å². The van der Waals surface area contributed by atoms with Gasteiger partial charge in [0.15, 0.2) is 17.3 Å². The van der Waals surface area contributed by atoms with Crippen LogP contribution in [0.2, 0.25) is 0 Å². The fraction of sp³-hybridized carbons (Fsp3) is 0.360. The molecule has 10 nitrogen and oxygen atoms in total. The largest absolute Gasteiger partial charge is 0.383 e. The average molecular weight is 471 g/mol. The predicted octanol–water partition coefficient (Wildman–Crippen LogP) is 3.22. The molecule has 0 radical (unpaired) electrons. The second-order valence-electron chi connectivity index (χ2n) is 9.46. The van der Waals surface area contributed by atoms with Crippen molar-refractivity contribution in [1.82, 2.24) is 34.4 Å². The molecule has 1 amide bonds. The van der Waals surface area contributed by atoms with Gasteiger partial charge in [-0.3, -0.25) is 14.6 Å². The molecule has 6 heterocycles. The summed E-state index contributed by atoms with van der Waals surface area (Å²) in [6.07, 6.45) is 10.4. The van der Waals surface area contributed by atoms with Crippen molar-refractivity contribution in [3.8, 4) is 22.6 Å². The van der Waals surface area contributed by atoms with Crippen molar-refractivity contribution in [3.63, 3.8) is 0 Å². The summed E-state index contributed by atoms with van der Waals surface area (Å²) in [5.74, 6) is 1.03. The Labute approximate surface area is 201 Å². The molecule has 35 heavy (non-hydrogen) atoms. The molecule has 3 N–H and O–H groups in total. The average Bonchev–Trinajstić information content (AvgIpc) is 3.57. The summed E-state index contributed by atoms with van der Waals surface area (Å²) in [4.78, 5) is 43.7. The lowest BCUT2D eigenvalue weighted by atomic mass is 9.85. The van der Waals surface area contributed by atoms with Crippen LogP contribution in [-0.4, -0.2) is 58.2 Å². The monoisotopic (exact) mass is 470 g/mol. The van der Waals surface area contributed by atoms with Crippen LogP contribution in [0.1, 0.15) is 61.5 Å². The van der Waals surface area contributed by atoms with Crippen LogP contribution >= 0.6 is 0 Å². The number of piperidine rings is 1. The third-order valence-electron chi connectivity index (χ3n) is 7.36. The van der Waals surface area contributed by atoms with Gasteiger partial charge in [0.1, 0.15) is 11.5 Å². The highest BCUT2D eigenvalue weighted by Crippen LogP contribution is 2.44.